The van der Waals surface area contributed by atoms with E-state index < -0.39 is 17.4 Å². The van der Waals surface area contributed by atoms with Crippen LogP contribution in [0.2, 0.25) is 5.02 Å². The van der Waals surface area contributed by atoms with Gasteiger partial charge in [-0.1, -0.05) is 121 Å². The number of fused-ring (bicyclic) bond motifs is 5. The summed E-state index contributed by atoms with van der Waals surface area (Å²) in [7, 11) is 0. The van der Waals surface area contributed by atoms with Crippen LogP contribution in [0.3, 0.4) is 0 Å². The van der Waals surface area contributed by atoms with Gasteiger partial charge in [0, 0.05) is 23.0 Å². The van der Waals surface area contributed by atoms with Gasteiger partial charge in [-0.05, 0) is 77.8 Å². The van der Waals surface area contributed by atoms with Crippen LogP contribution in [0, 0.1) is 17.8 Å². The van der Waals surface area contributed by atoms with E-state index in [1.807, 2.05) is 83.5 Å². The summed E-state index contributed by atoms with van der Waals surface area (Å²) >= 11 is 8.42. The Morgan fingerprint density at radius 3 is 2.00 bits per heavy atom. The normalized spacial score (nSPS) is 19.4. The molecule has 10 heteroatoms. The van der Waals surface area contributed by atoms with Crippen molar-refractivity contribution < 1.29 is 9.90 Å². The molecule has 8 aromatic rings. The fourth-order valence-electron chi connectivity index (χ4n) is 9.32. The van der Waals surface area contributed by atoms with E-state index in [1.54, 1.807) is 17.5 Å². The number of aliphatic carboxylic acids is 1. The van der Waals surface area contributed by atoms with Crippen LogP contribution in [0.1, 0.15) is 42.4 Å². The zero-order valence-electron chi connectivity index (χ0n) is 30.3. The van der Waals surface area contributed by atoms with Crippen LogP contribution >= 0.6 is 22.9 Å². The number of carbonyl (C=O) groups is 1. The van der Waals surface area contributed by atoms with Crippen molar-refractivity contribution in [2.75, 3.05) is 5.32 Å². The number of aromatic nitrogens is 5. The van der Waals surface area contributed by atoms with Gasteiger partial charge in [-0.2, -0.15) is 5.10 Å². The van der Waals surface area contributed by atoms with Crippen LogP contribution in [0.15, 0.2) is 140 Å². The summed E-state index contributed by atoms with van der Waals surface area (Å²) in [5, 5.41) is 21.9. The molecule has 3 aliphatic rings. The van der Waals surface area contributed by atoms with Crippen molar-refractivity contribution in [1.82, 2.24) is 24.7 Å². The number of anilines is 1. The lowest BCUT2D eigenvalue weighted by molar-refractivity contribution is -0.148. The third kappa shape index (κ3) is 5.76. The summed E-state index contributed by atoms with van der Waals surface area (Å²) in [4.78, 5) is 29.1. The maximum atomic E-state index is 12.7. The number of nitrogens with zero attached hydrogens (tertiary/aromatic N) is 5. The molecule has 2 atom stereocenters. The summed E-state index contributed by atoms with van der Waals surface area (Å²) < 4.78 is 3.15. The van der Waals surface area contributed by atoms with Crippen LogP contribution in [-0.2, 0) is 10.3 Å². The van der Waals surface area contributed by atoms with Crippen molar-refractivity contribution in [2.24, 2.45) is 17.8 Å². The first-order valence-corrected chi connectivity index (χ1v) is 20.3. The van der Waals surface area contributed by atoms with Crippen molar-refractivity contribution in [2.45, 2.75) is 37.3 Å². The Morgan fingerprint density at radius 2 is 1.38 bits per heavy atom. The zero-order chi connectivity index (χ0) is 37.8. The standard InChI is InChI=1S/C46H37ClN6O2S/c47-34-25-35-42(52-53(44(35)48-27-34)46(31-13-4-1-5-14-31,32-15-6-2-7-16-32)33-17-8-3-9-18-33)43-49-36(38-24-30-12-10-11-19-37(30)56-38)26-39(51-43)50-41-29-22-20-28(21-23-29)40(41)45(54)55/h1-19,24-29,40-41H,20-23H2,(H,54,55)(H,49,50,51). The fourth-order valence-corrected chi connectivity index (χ4v) is 10.5. The summed E-state index contributed by atoms with van der Waals surface area (Å²) in [5.41, 5.74) is 3.90. The SMILES string of the molecule is O=C(O)C1C2CCC(CC2)C1Nc1cc(-c2cc3ccccc3s2)nc(-c2nn(C(c3ccccc3)(c3ccccc3)c3ccccc3)c3ncc(Cl)cc23)n1. The summed E-state index contributed by atoms with van der Waals surface area (Å²) in [5.74, 6) is 0.128. The van der Waals surface area contributed by atoms with E-state index in [9.17, 15) is 9.90 Å². The van der Waals surface area contributed by atoms with E-state index in [0.717, 1.165) is 63.0 Å². The molecule has 56 heavy (non-hydrogen) atoms. The molecule has 4 heterocycles. The molecule has 8 nitrogen and oxygen atoms in total. The molecule has 276 valence electrons. The highest BCUT2D eigenvalue weighted by Gasteiger charge is 2.48. The molecule has 4 aromatic carbocycles. The Labute approximate surface area is 332 Å². The van der Waals surface area contributed by atoms with Gasteiger partial charge in [0.1, 0.15) is 17.1 Å². The average Bonchev–Trinajstić information content (AvgIpc) is 3.85. The van der Waals surface area contributed by atoms with Gasteiger partial charge >= 0.3 is 5.97 Å². The van der Waals surface area contributed by atoms with Crippen LogP contribution in [-0.4, -0.2) is 41.9 Å². The molecule has 2 unspecified atom stereocenters. The monoisotopic (exact) mass is 772 g/mol. The molecular formula is C46H37ClN6O2S. The van der Waals surface area contributed by atoms with E-state index in [0.29, 0.717) is 33.4 Å². The van der Waals surface area contributed by atoms with Crippen LogP contribution in [0.4, 0.5) is 5.82 Å². The second-order valence-corrected chi connectivity index (χ2v) is 16.4. The third-order valence-electron chi connectivity index (χ3n) is 11.8. The van der Waals surface area contributed by atoms with Gasteiger partial charge < -0.3 is 10.4 Å². The molecule has 2 N–H and O–H groups in total. The second-order valence-electron chi connectivity index (χ2n) is 14.9. The first kappa shape index (κ1) is 34.6. The van der Waals surface area contributed by atoms with Crippen molar-refractivity contribution in [1.29, 1.82) is 0 Å². The molecule has 0 spiro atoms. The number of nitrogens with one attached hydrogen (secondary N) is 1. The van der Waals surface area contributed by atoms with Crippen LogP contribution in [0.25, 0.3) is 43.2 Å². The number of hydrogen-bond donors (Lipinski definition) is 2. The molecule has 3 saturated carbocycles. The smallest absolute Gasteiger partial charge is 0.308 e. The van der Waals surface area contributed by atoms with E-state index >= 15 is 0 Å². The average molecular weight is 773 g/mol. The molecule has 0 radical (unpaired) electrons. The number of rotatable bonds is 9. The first-order valence-electron chi connectivity index (χ1n) is 19.1. The zero-order valence-corrected chi connectivity index (χ0v) is 31.9. The predicted octanol–water partition coefficient (Wildman–Crippen LogP) is 10.6. The van der Waals surface area contributed by atoms with Gasteiger partial charge in [0.2, 0.25) is 0 Å². The van der Waals surface area contributed by atoms with Gasteiger partial charge in [0.15, 0.2) is 11.5 Å². The minimum absolute atomic E-state index is 0.147. The van der Waals surface area contributed by atoms with Crippen LogP contribution in [0.5, 0.6) is 0 Å². The van der Waals surface area contributed by atoms with Gasteiger partial charge in [0.25, 0.3) is 0 Å². The number of carboxylic acid groups (broad SMARTS) is 1. The highest BCUT2D eigenvalue weighted by Crippen LogP contribution is 2.47. The summed E-state index contributed by atoms with van der Waals surface area (Å²) in [6, 6.07) is 45.1. The molecular weight excluding hydrogens is 736 g/mol. The third-order valence-corrected chi connectivity index (χ3v) is 13.2. The van der Waals surface area contributed by atoms with E-state index in [1.165, 1.54) is 0 Å². The van der Waals surface area contributed by atoms with Crippen molar-refractivity contribution in [3.8, 4) is 22.1 Å². The summed E-state index contributed by atoms with van der Waals surface area (Å²) in [6.45, 7) is 0. The fraction of sp³-hybridized carbons (Fsp3) is 0.196. The summed E-state index contributed by atoms with van der Waals surface area (Å²) in [6.07, 6.45) is 5.57. The predicted molar refractivity (Wildman–Crippen MR) is 223 cm³/mol. The molecule has 3 fully saturated rings. The number of carboxylic acids is 1. The van der Waals surface area contributed by atoms with Gasteiger partial charge in [-0.25, -0.2) is 19.6 Å². The largest absolute Gasteiger partial charge is 0.481 e. The Hall–Kier alpha value is -5.90. The quantitative estimate of drug-likeness (QED) is 0.141. The lowest BCUT2D eigenvalue weighted by atomic mass is 9.61. The highest BCUT2D eigenvalue weighted by atomic mass is 35.5. The van der Waals surface area contributed by atoms with Gasteiger partial charge in [-0.3, -0.25) is 4.79 Å². The topological polar surface area (TPSA) is 106 Å². The highest BCUT2D eigenvalue weighted by molar-refractivity contribution is 7.22. The number of hydrogen-bond acceptors (Lipinski definition) is 7. The molecule has 0 amide bonds. The Bertz CT molecular complexity index is 2580. The maximum absolute atomic E-state index is 12.7. The van der Waals surface area contributed by atoms with E-state index in [-0.39, 0.29) is 17.9 Å². The van der Waals surface area contributed by atoms with Crippen molar-refractivity contribution >= 4 is 55.8 Å². The van der Waals surface area contributed by atoms with Gasteiger partial charge in [-0.15, -0.1) is 11.3 Å². The molecule has 11 rings (SSSR count). The van der Waals surface area contributed by atoms with E-state index in [2.05, 4.69) is 59.9 Å². The second kappa shape index (κ2) is 14.0. The minimum atomic E-state index is -0.957. The van der Waals surface area contributed by atoms with E-state index in [4.69, 9.17) is 31.7 Å². The van der Waals surface area contributed by atoms with Gasteiger partial charge in [0.05, 0.1) is 26.9 Å². The van der Waals surface area contributed by atoms with Crippen molar-refractivity contribution in [3.63, 3.8) is 0 Å². The Kier molecular flexibility index (Phi) is 8.64. The van der Waals surface area contributed by atoms with Crippen LogP contribution < -0.4 is 5.32 Å². The number of pyridine rings is 1. The van der Waals surface area contributed by atoms with Crippen molar-refractivity contribution in [3.05, 3.63) is 161 Å². The lowest BCUT2D eigenvalue weighted by Crippen LogP contribution is -2.51. The Morgan fingerprint density at radius 1 is 0.768 bits per heavy atom. The molecule has 0 aliphatic heterocycles. The molecule has 2 bridgehead atoms. The lowest BCUT2D eigenvalue weighted by Gasteiger charge is -2.47. The molecule has 3 aliphatic carbocycles. The number of halogens is 1. The Balaban J connectivity index is 1.23. The molecule has 0 saturated heterocycles. The first-order chi connectivity index (χ1) is 27.5. The minimum Gasteiger partial charge on any atom is -0.481 e. The number of benzene rings is 4. The maximum Gasteiger partial charge on any atom is 0.308 e. The number of thiophene rings is 1. The molecule has 4 aromatic heterocycles.